The molecule has 0 spiro atoms. The van der Waals surface area contributed by atoms with Crippen molar-refractivity contribution in [2.24, 2.45) is 5.92 Å². The Bertz CT molecular complexity index is 198. The van der Waals surface area contributed by atoms with Crippen LogP contribution in [0.15, 0.2) is 0 Å². The molecule has 94 valence electrons. The van der Waals surface area contributed by atoms with Crippen LogP contribution in [-0.2, 0) is 4.79 Å². The highest BCUT2D eigenvalue weighted by Crippen LogP contribution is 2.28. The van der Waals surface area contributed by atoms with Gasteiger partial charge in [-0.25, -0.2) is 0 Å². The molecule has 16 heavy (non-hydrogen) atoms. The molecule has 0 atom stereocenters. The van der Waals surface area contributed by atoms with Crippen LogP contribution in [0.25, 0.3) is 0 Å². The third-order valence-corrected chi connectivity index (χ3v) is 3.25. The molecule has 1 aliphatic carbocycles. The van der Waals surface area contributed by atoms with E-state index in [1.54, 1.807) is 0 Å². The molecule has 0 heterocycles. The highest BCUT2D eigenvalue weighted by Gasteiger charge is 2.15. The Morgan fingerprint density at radius 1 is 1.25 bits per heavy atom. The van der Waals surface area contributed by atoms with Gasteiger partial charge in [-0.1, -0.05) is 39.5 Å². The first-order chi connectivity index (χ1) is 7.68. The quantitative estimate of drug-likeness (QED) is 0.653. The molecule has 0 radical (unpaired) electrons. The predicted octanol–water partition coefficient (Wildman–Crippen LogP) is 2.07. The van der Waals surface area contributed by atoms with Crippen molar-refractivity contribution >= 4 is 5.91 Å². The number of carbonyl (C=O) groups excluding carboxylic acids is 1. The molecule has 3 nitrogen and oxygen atoms in total. The zero-order valence-electron chi connectivity index (χ0n) is 10.7. The normalized spacial score (nSPS) is 16.9. The first-order valence-corrected chi connectivity index (χ1v) is 6.68. The third-order valence-electron chi connectivity index (χ3n) is 3.25. The Labute approximate surface area is 99.4 Å². The van der Waals surface area contributed by atoms with E-state index in [4.69, 9.17) is 0 Å². The highest BCUT2D eigenvalue weighted by atomic mass is 16.1. The molecule has 0 aromatic heterocycles. The van der Waals surface area contributed by atoms with Gasteiger partial charge in [0, 0.05) is 25.6 Å². The fourth-order valence-corrected chi connectivity index (χ4v) is 2.29. The lowest BCUT2D eigenvalue weighted by Gasteiger charge is -2.10. The summed E-state index contributed by atoms with van der Waals surface area (Å²) >= 11 is 0. The van der Waals surface area contributed by atoms with Crippen molar-refractivity contribution in [3.05, 3.63) is 0 Å². The van der Waals surface area contributed by atoms with Crippen LogP contribution in [0.2, 0.25) is 0 Å². The van der Waals surface area contributed by atoms with Crippen LogP contribution in [0.1, 0.15) is 52.4 Å². The Morgan fingerprint density at radius 3 is 2.56 bits per heavy atom. The van der Waals surface area contributed by atoms with Crippen LogP contribution in [0.3, 0.4) is 0 Å². The van der Waals surface area contributed by atoms with Crippen molar-refractivity contribution in [3.8, 4) is 0 Å². The third kappa shape index (κ3) is 6.11. The Hall–Kier alpha value is -0.570. The van der Waals surface area contributed by atoms with Gasteiger partial charge in [0.05, 0.1) is 0 Å². The molecule has 1 fully saturated rings. The largest absolute Gasteiger partial charge is 0.355 e. The summed E-state index contributed by atoms with van der Waals surface area (Å²) in [5.41, 5.74) is 0. The highest BCUT2D eigenvalue weighted by molar-refractivity contribution is 5.75. The average Bonchev–Trinajstić information content (AvgIpc) is 2.74. The molecule has 1 rings (SSSR count). The molecule has 1 saturated carbocycles. The molecule has 0 aliphatic heterocycles. The summed E-state index contributed by atoms with van der Waals surface area (Å²) in [5.74, 6) is 1.04. The smallest absolute Gasteiger partial charge is 0.220 e. The standard InChI is InChI=1S/C13H26N2O/c1-11(2)14-9-10-15-13(16)8-7-12-5-3-4-6-12/h11-12,14H,3-10H2,1-2H3,(H,15,16). The van der Waals surface area contributed by atoms with Crippen LogP contribution in [0.5, 0.6) is 0 Å². The lowest BCUT2D eigenvalue weighted by molar-refractivity contribution is -0.121. The fourth-order valence-electron chi connectivity index (χ4n) is 2.29. The maximum Gasteiger partial charge on any atom is 0.220 e. The van der Waals surface area contributed by atoms with Gasteiger partial charge in [-0.15, -0.1) is 0 Å². The van der Waals surface area contributed by atoms with Crippen molar-refractivity contribution < 1.29 is 4.79 Å². The molecule has 0 unspecified atom stereocenters. The van der Waals surface area contributed by atoms with Crippen LogP contribution in [0.4, 0.5) is 0 Å². The molecular weight excluding hydrogens is 200 g/mol. The summed E-state index contributed by atoms with van der Waals surface area (Å²) in [6.45, 7) is 5.85. The molecule has 2 N–H and O–H groups in total. The van der Waals surface area contributed by atoms with Gasteiger partial charge in [-0.05, 0) is 12.3 Å². The Balaban J connectivity index is 1.94. The van der Waals surface area contributed by atoms with Crippen molar-refractivity contribution in [2.75, 3.05) is 13.1 Å². The zero-order chi connectivity index (χ0) is 11.8. The summed E-state index contributed by atoms with van der Waals surface area (Å²) < 4.78 is 0. The topological polar surface area (TPSA) is 41.1 Å². The van der Waals surface area contributed by atoms with Gasteiger partial charge >= 0.3 is 0 Å². The predicted molar refractivity (Wildman–Crippen MR) is 67.3 cm³/mol. The van der Waals surface area contributed by atoms with Gasteiger partial charge in [0.15, 0.2) is 0 Å². The number of amides is 1. The minimum absolute atomic E-state index is 0.220. The van der Waals surface area contributed by atoms with Gasteiger partial charge in [-0.2, -0.15) is 0 Å². The minimum atomic E-state index is 0.220. The first-order valence-electron chi connectivity index (χ1n) is 6.68. The van der Waals surface area contributed by atoms with E-state index in [0.29, 0.717) is 12.5 Å². The Kier molecular flexibility index (Phi) is 6.46. The second-order valence-electron chi connectivity index (χ2n) is 5.15. The fraction of sp³-hybridized carbons (Fsp3) is 0.923. The van der Waals surface area contributed by atoms with Gasteiger partial charge in [0.2, 0.25) is 5.91 Å². The van der Waals surface area contributed by atoms with Gasteiger partial charge in [0.25, 0.3) is 0 Å². The number of hydrogen-bond acceptors (Lipinski definition) is 2. The molecule has 1 amide bonds. The number of nitrogens with one attached hydrogen (secondary N) is 2. The van der Waals surface area contributed by atoms with Crippen molar-refractivity contribution in [2.45, 2.75) is 58.4 Å². The second-order valence-corrected chi connectivity index (χ2v) is 5.15. The van der Waals surface area contributed by atoms with Crippen molar-refractivity contribution in [1.82, 2.24) is 10.6 Å². The van der Waals surface area contributed by atoms with E-state index in [-0.39, 0.29) is 5.91 Å². The maximum atomic E-state index is 11.5. The van der Waals surface area contributed by atoms with Crippen LogP contribution in [-0.4, -0.2) is 25.0 Å². The van der Waals surface area contributed by atoms with Gasteiger partial charge in [0.1, 0.15) is 0 Å². The average molecular weight is 226 g/mol. The van der Waals surface area contributed by atoms with E-state index in [1.165, 1.54) is 25.7 Å². The molecule has 0 bridgehead atoms. The maximum absolute atomic E-state index is 11.5. The zero-order valence-corrected chi connectivity index (χ0v) is 10.7. The van der Waals surface area contributed by atoms with E-state index in [9.17, 15) is 4.79 Å². The van der Waals surface area contributed by atoms with E-state index >= 15 is 0 Å². The van der Waals surface area contributed by atoms with Crippen LogP contribution >= 0.6 is 0 Å². The van der Waals surface area contributed by atoms with Crippen molar-refractivity contribution in [3.63, 3.8) is 0 Å². The summed E-state index contributed by atoms with van der Waals surface area (Å²) in [7, 11) is 0. The van der Waals surface area contributed by atoms with E-state index in [0.717, 1.165) is 25.4 Å². The molecule has 0 aromatic carbocycles. The van der Waals surface area contributed by atoms with E-state index < -0.39 is 0 Å². The Morgan fingerprint density at radius 2 is 1.94 bits per heavy atom. The summed E-state index contributed by atoms with van der Waals surface area (Å²) in [6, 6.07) is 0.496. The number of carbonyl (C=O) groups is 1. The molecular formula is C13H26N2O. The summed E-state index contributed by atoms with van der Waals surface area (Å²) in [4.78, 5) is 11.5. The van der Waals surface area contributed by atoms with Gasteiger partial charge in [-0.3, -0.25) is 4.79 Å². The minimum Gasteiger partial charge on any atom is -0.355 e. The van der Waals surface area contributed by atoms with Crippen LogP contribution in [0, 0.1) is 5.92 Å². The van der Waals surface area contributed by atoms with Crippen molar-refractivity contribution in [1.29, 1.82) is 0 Å². The van der Waals surface area contributed by atoms with E-state index in [1.807, 2.05) is 0 Å². The summed E-state index contributed by atoms with van der Waals surface area (Å²) in [6.07, 6.45) is 7.20. The monoisotopic (exact) mass is 226 g/mol. The number of rotatable bonds is 7. The SMILES string of the molecule is CC(C)NCCNC(=O)CCC1CCCC1. The molecule has 1 aliphatic rings. The number of hydrogen-bond donors (Lipinski definition) is 2. The van der Waals surface area contributed by atoms with Gasteiger partial charge < -0.3 is 10.6 Å². The lowest BCUT2D eigenvalue weighted by atomic mass is 10.0. The van der Waals surface area contributed by atoms with Crippen LogP contribution < -0.4 is 10.6 Å². The molecule has 0 saturated heterocycles. The molecule has 0 aromatic rings. The lowest BCUT2D eigenvalue weighted by Crippen LogP contribution is -2.34. The summed E-state index contributed by atoms with van der Waals surface area (Å²) in [5, 5.41) is 6.24. The van der Waals surface area contributed by atoms with E-state index in [2.05, 4.69) is 24.5 Å². The molecule has 3 heteroatoms. The second kappa shape index (κ2) is 7.66. The first kappa shape index (κ1) is 13.5.